The monoisotopic (exact) mass is 347 g/mol. The number of allylic oxidation sites excluding steroid dienone is 1. The third kappa shape index (κ3) is 4.88. The fourth-order valence-electron chi connectivity index (χ4n) is 2.20. The first-order valence-electron chi connectivity index (χ1n) is 7.94. The number of nitrogens with one attached hydrogen (secondary N) is 1. The minimum Gasteiger partial charge on any atom is -0.508 e. The second-order valence-electron chi connectivity index (χ2n) is 5.45. The average Bonchev–Trinajstić information content (AvgIpc) is 3.10. The van der Waals surface area contributed by atoms with Crippen LogP contribution < -0.4 is 5.43 Å². The summed E-state index contributed by atoms with van der Waals surface area (Å²) in [7, 11) is 0. The van der Waals surface area contributed by atoms with E-state index in [0.29, 0.717) is 17.8 Å². The number of phenolic OH excluding ortho intramolecular Hbond substituents is 1. The van der Waals surface area contributed by atoms with Crippen molar-refractivity contribution in [3.05, 3.63) is 83.7 Å². The van der Waals surface area contributed by atoms with Gasteiger partial charge >= 0.3 is 0 Å². The Morgan fingerprint density at radius 2 is 1.92 bits per heavy atom. The van der Waals surface area contributed by atoms with Crippen molar-refractivity contribution in [3.63, 3.8) is 0 Å². The Labute approximate surface area is 150 Å². The minimum atomic E-state index is -0.358. The van der Waals surface area contributed by atoms with Gasteiger partial charge in [0.1, 0.15) is 11.4 Å². The molecule has 0 unspecified atom stereocenters. The molecule has 0 saturated heterocycles. The number of hydrogen-bond donors (Lipinski definition) is 2. The highest BCUT2D eigenvalue weighted by atomic mass is 16.3. The molecule has 0 bridgehead atoms. The zero-order valence-electron chi connectivity index (χ0n) is 13.9. The number of carbonyl (C=O) groups excluding carboxylic acids is 1. The Kier molecular flexibility index (Phi) is 5.51. The van der Waals surface area contributed by atoms with Gasteiger partial charge in [-0.3, -0.25) is 4.79 Å². The standard InChI is InChI=1S/C19H17N5O2/c25-18-10-8-16(9-11-18)19(26)22-20-12-4-7-17-14-24(23-21-17)13-15-5-2-1-3-6-15/h1-12,14,25H,13H2,(H,22,26)/b7-4+,20-12-. The van der Waals surface area contributed by atoms with Crippen LogP contribution >= 0.6 is 0 Å². The molecule has 0 saturated carbocycles. The zero-order valence-corrected chi connectivity index (χ0v) is 13.9. The van der Waals surface area contributed by atoms with Crippen molar-refractivity contribution in [3.8, 4) is 5.75 Å². The van der Waals surface area contributed by atoms with Gasteiger partial charge < -0.3 is 5.11 Å². The topological polar surface area (TPSA) is 92.4 Å². The third-order valence-corrected chi connectivity index (χ3v) is 3.47. The van der Waals surface area contributed by atoms with Crippen LogP contribution in [-0.2, 0) is 6.54 Å². The molecule has 3 aromatic rings. The molecule has 1 aromatic heterocycles. The van der Waals surface area contributed by atoms with Crippen molar-refractivity contribution >= 4 is 18.2 Å². The van der Waals surface area contributed by atoms with Crippen LogP contribution in [0.4, 0.5) is 0 Å². The number of benzene rings is 2. The molecule has 0 aliphatic carbocycles. The van der Waals surface area contributed by atoms with Gasteiger partial charge in [0.05, 0.1) is 12.7 Å². The fourth-order valence-corrected chi connectivity index (χ4v) is 2.20. The second kappa shape index (κ2) is 8.39. The average molecular weight is 347 g/mol. The largest absolute Gasteiger partial charge is 0.508 e. The van der Waals surface area contributed by atoms with Gasteiger partial charge in [0.15, 0.2) is 0 Å². The molecule has 3 rings (SSSR count). The van der Waals surface area contributed by atoms with Gasteiger partial charge in [0, 0.05) is 11.8 Å². The Morgan fingerprint density at radius 1 is 1.15 bits per heavy atom. The van der Waals surface area contributed by atoms with Crippen molar-refractivity contribution < 1.29 is 9.90 Å². The Bertz CT molecular complexity index is 915. The van der Waals surface area contributed by atoms with E-state index < -0.39 is 0 Å². The predicted octanol–water partition coefficient (Wildman–Crippen LogP) is 2.46. The number of carbonyl (C=O) groups is 1. The van der Waals surface area contributed by atoms with Crippen LogP contribution in [0.15, 0.2) is 72.0 Å². The molecule has 0 aliphatic rings. The molecule has 1 heterocycles. The van der Waals surface area contributed by atoms with E-state index >= 15 is 0 Å². The lowest BCUT2D eigenvalue weighted by atomic mass is 10.2. The summed E-state index contributed by atoms with van der Waals surface area (Å²) in [6, 6.07) is 15.9. The van der Waals surface area contributed by atoms with E-state index in [4.69, 9.17) is 0 Å². The van der Waals surface area contributed by atoms with Crippen LogP contribution in [0, 0.1) is 0 Å². The summed E-state index contributed by atoms with van der Waals surface area (Å²) in [4.78, 5) is 11.8. The summed E-state index contributed by atoms with van der Waals surface area (Å²) >= 11 is 0. The number of hydrazone groups is 1. The summed E-state index contributed by atoms with van der Waals surface area (Å²) < 4.78 is 1.75. The molecule has 7 nitrogen and oxygen atoms in total. The number of nitrogens with zero attached hydrogens (tertiary/aromatic N) is 4. The number of amides is 1. The number of rotatable bonds is 6. The van der Waals surface area contributed by atoms with Gasteiger partial charge in [-0.05, 0) is 42.0 Å². The lowest BCUT2D eigenvalue weighted by molar-refractivity contribution is 0.0955. The second-order valence-corrected chi connectivity index (χ2v) is 5.45. The molecule has 7 heteroatoms. The number of aromatic hydroxyl groups is 1. The minimum absolute atomic E-state index is 0.105. The van der Waals surface area contributed by atoms with Crippen LogP contribution in [-0.4, -0.2) is 32.2 Å². The van der Waals surface area contributed by atoms with Crippen LogP contribution in [0.3, 0.4) is 0 Å². The van der Waals surface area contributed by atoms with Gasteiger partial charge in [-0.1, -0.05) is 35.5 Å². The first-order chi connectivity index (χ1) is 12.7. The smallest absolute Gasteiger partial charge is 0.271 e. The summed E-state index contributed by atoms with van der Waals surface area (Å²) in [5.41, 5.74) is 4.65. The van der Waals surface area contributed by atoms with E-state index in [9.17, 15) is 9.90 Å². The molecular formula is C19H17N5O2. The van der Waals surface area contributed by atoms with E-state index in [1.54, 1.807) is 16.8 Å². The van der Waals surface area contributed by atoms with Crippen LogP contribution in [0.5, 0.6) is 5.75 Å². The van der Waals surface area contributed by atoms with Gasteiger partial charge in [0.25, 0.3) is 5.91 Å². The SMILES string of the molecule is O=C(N/N=C\C=C\c1cn(Cc2ccccc2)nn1)c1ccc(O)cc1. The number of aromatic nitrogens is 3. The van der Waals surface area contributed by atoms with Crippen LogP contribution in [0.1, 0.15) is 21.6 Å². The van der Waals surface area contributed by atoms with Gasteiger partial charge in [-0.2, -0.15) is 5.10 Å². The quantitative estimate of drug-likeness (QED) is 0.529. The first-order valence-corrected chi connectivity index (χ1v) is 7.94. The van der Waals surface area contributed by atoms with Crippen molar-refractivity contribution in [2.24, 2.45) is 5.10 Å². The fraction of sp³-hybridized carbons (Fsp3) is 0.0526. The van der Waals surface area contributed by atoms with Crippen molar-refractivity contribution in [2.75, 3.05) is 0 Å². The lowest BCUT2D eigenvalue weighted by Crippen LogP contribution is -2.16. The highest BCUT2D eigenvalue weighted by Crippen LogP contribution is 2.09. The maximum Gasteiger partial charge on any atom is 0.271 e. The third-order valence-electron chi connectivity index (χ3n) is 3.47. The van der Waals surface area contributed by atoms with Gasteiger partial charge in [0.2, 0.25) is 0 Å². The molecule has 0 atom stereocenters. The molecular weight excluding hydrogens is 330 g/mol. The number of hydrogen-bond acceptors (Lipinski definition) is 5. The summed E-state index contributed by atoms with van der Waals surface area (Å²) in [5, 5.41) is 21.1. The van der Waals surface area contributed by atoms with E-state index in [0.717, 1.165) is 5.56 Å². The molecule has 26 heavy (non-hydrogen) atoms. The molecule has 2 aromatic carbocycles. The molecule has 0 radical (unpaired) electrons. The van der Waals surface area contributed by atoms with E-state index in [2.05, 4.69) is 20.8 Å². The zero-order chi connectivity index (χ0) is 18.2. The Morgan fingerprint density at radius 3 is 2.69 bits per heavy atom. The van der Waals surface area contributed by atoms with E-state index in [1.165, 1.54) is 30.5 Å². The molecule has 1 amide bonds. The van der Waals surface area contributed by atoms with Gasteiger partial charge in [-0.15, -0.1) is 5.10 Å². The normalized spacial score (nSPS) is 11.2. The first kappa shape index (κ1) is 17.1. The van der Waals surface area contributed by atoms with Gasteiger partial charge in [-0.25, -0.2) is 10.1 Å². The van der Waals surface area contributed by atoms with Crippen LogP contribution in [0.25, 0.3) is 6.08 Å². The summed E-state index contributed by atoms with van der Waals surface area (Å²) in [6.07, 6.45) is 6.68. The van der Waals surface area contributed by atoms with Crippen LogP contribution in [0.2, 0.25) is 0 Å². The maximum atomic E-state index is 11.8. The molecule has 0 aliphatic heterocycles. The molecule has 130 valence electrons. The molecule has 2 N–H and O–H groups in total. The number of phenols is 1. The lowest BCUT2D eigenvalue weighted by Gasteiger charge is -1.99. The van der Waals surface area contributed by atoms with E-state index in [-0.39, 0.29) is 11.7 Å². The highest BCUT2D eigenvalue weighted by molar-refractivity contribution is 5.94. The Balaban J connectivity index is 1.50. The molecule has 0 fully saturated rings. The molecule has 0 spiro atoms. The summed E-state index contributed by atoms with van der Waals surface area (Å²) in [6.45, 7) is 0.651. The Hall–Kier alpha value is -3.74. The van der Waals surface area contributed by atoms with E-state index in [1.807, 2.05) is 36.5 Å². The van der Waals surface area contributed by atoms with Crippen molar-refractivity contribution in [2.45, 2.75) is 6.54 Å². The summed E-state index contributed by atoms with van der Waals surface area (Å²) in [5.74, 6) is -0.253. The predicted molar refractivity (Wildman–Crippen MR) is 98.7 cm³/mol. The highest BCUT2D eigenvalue weighted by Gasteiger charge is 2.02. The van der Waals surface area contributed by atoms with Crippen molar-refractivity contribution in [1.82, 2.24) is 20.4 Å². The maximum absolute atomic E-state index is 11.8. The van der Waals surface area contributed by atoms with Crippen molar-refractivity contribution in [1.29, 1.82) is 0 Å².